The molecule has 1 aromatic heterocycles. The number of benzene rings is 1. The second kappa shape index (κ2) is 7.42. The van der Waals surface area contributed by atoms with Crippen molar-refractivity contribution in [3.05, 3.63) is 64.7 Å². The quantitative estimate of drug-likeness (QED) is 0.875. The maximum absolute atomic E-state index is 13.0. The number of carboxylic acids is 1. The molecule has 0 aliphatic heterocycles. The molecular weight excluding hydrogens is 323 g/mol. The van der Waals surface area contributed by atoms with E-state index in [0.717, 1.165) is 36.8 Å². The molecule has 1 aliphatic rings. The van der Waals surface area contributed by atoms with Crippen molar-refractivity contribution in [3.8, 4) is 0 Å². The van der Waals surface area contributed by atoms with E-state index >= 15 is 0 Å². The van der Waals surface area contributed by atoms with Crippen LogP contribution >= 0.6 is 0 Å². The number of fused-ring (bicyclic) bond motifs is 1. The summed E-state index contributed by atoms with van der Waals surface area (Å²) in [5.41, 5.74) is 3.11. The summed E-state index contributed by atoms with van der Waals surface area (Å²) in [4.78, 5) is 28.2. The summed E-state index contributed by atoms with van der Waals surface area (Å²) in [5.74, 6) is -1.95. The molecule has 6 heteroatoms. The van der Waals surface area contributed by atoms with Crippen LogP contribution in [0.25, 0.3) is 0 Å². The molecule has 25 heavy (non-hydrogen) atoms. The van der Waals surface area contributed by atoms with Crippen molar-refractivity contribution < 1.29 is 19.1 Å². The molecule has 1 unspecified atom stereocenters. The fourth-order valence-electron chi connectivity index (χ4n) is 3.15. The molecule has 1 atom stereocenters. The average Bonchev–Trinajstić information content (AvgIpc) is 2.62. The third kappa shape index (κ3) is 4.02. The minimum Gasteiger partial charge on any atom is -0.480 e. The molecule has 2 N–H and O–H groups in total. The minimum atomic E-state index is -1.13. The van der Waals surface area contributed by atoms with Gasteiger partial charge in [-0.05, 0) is 54.5 Å². The van der Waals surface area contributed by atoms with Gasteiger partial charge >= 0.3 is 5.97 Å². The number of rotatable bonds is 5. The highest BCUT2D eigenvalue weighted by molar-refractivity contribution is 5.98. The second-order valence-corrected chi connectivity index (χ2v) is 6.23. The van der Waals surface area contributed by atoms with Gasteiger partial charge in [0.1, 0.15) is 11.9 Å². The van der Waals surface area contributed by atoms with Crippen molar-refractivity contribution in [2.45, 2.75) is 38.1 Å². The predicted octanol–water partition coefficient (Wildman–Crippen LogP) is 2.53. The van der Waals surface area contributed by atoms with Gasteiger partial charge in [-0.3, -0.25) is 9.78 Å². The molecule has 1 heterocycles. The molecule has 5 nitrogen and oxygen atoms in total. The van der Waals surface area contributed by atoms with Gasteiger partial charge in [-0.1, -0.05) is 12.1 Å². The van der Waals surface area contributed by atoms with Gasteiger partial charge in [0.2, 0.25) is 0 Å². The molecule has 0 bridgehead atoms. The maximum Gasteiger partial charge on any atom is 0.326 e. The first kappa shape index (κ1) is 17.1. The van der Waals surface area contributed by atoms with E-state index in [4.69, 9.17) is 0 Å². The fourth-order valence-corrected chi connectivity index (χ4v) is 3.15. The summed E-state index contributed by atoms with van der Waals surface area (Å²) >= 11 is 0. The van der Waals surface area contributed by atoms with Gasteiger partial charge in [0.25, 0.3) is 5.91 Å². The largest absolute Gasteiger partial charge is 0.480 e. The Hall–Kier alpha value is -2.76. The number of aryl methyl sites for hydroxylation is 1. The zero-order valence-electron chi connectivity index (χ0n) is 13.7. The number of nitrogens with one attached hydrogen (secondary N) is 1. The lowest BCUT2D eigenvalue weighted by molar-refractivity contribution is -0.139. The number of hydrogen-bond acceptors (Lipinski definition) is 3. The molecule has 1 amide bonds. The van der Waals surface area contributed by atoms with Crippen LogP contribution in [0.2, 0.25) is 0 Å². The first-order chi connectivity index (χ1) is 12.0. The Labute approximate surface area is 144 Å². The number of nitrogens with zero attached hydrogens (tertiary/aromatic N) is 1. The lowest BCUT2D eigenvalue weighted by Gasteiger charge is -2.20. The van der Waals surface area contributed by atoms with Crippen LogP contribution in [-0.2, 0) is 24.1 Å². The Balaban J connectivity index is 1.77. The summed E-state index contributed by atoms with van der Waals surface area (Å²) in [6, 6.07) is 4.49. The molecule has 3 rings (SSSR count). The van der Waals surface area contributed by atoms with Crippen LogP contribution in [0.15, 0.2) is 36.7 Å². The summed E-state index contributed by atoms with van der Waals surface area (Å²) in [5, 5.41) is 12.0. The molecule has 0 spiro atoms. The Morgan fingerprint density at radius 3 is 2.60 bits per heavy atom. The van der Waals surface area contributed by atoms with E-state index in [1.807, 2.05) is 0 Å². The van der Waals surface area contributed by atoms with Crippen LogP contribution < -0.4 is 5.32 Å². The van der Waals surface area contributed by atoms with Gasteiger partial charge in [0.15, 0.2) is 0 Å². The second-order valence-electron chi connectivity index (χ2n) is 6.23. The summed E-state index contributed by atoms with van der Waals surface area (Å²) in [6.45, 7) is 0. The van der Waals surface area contributed by atoms with Gasteiger partial charge in [-0.25, -0.2) is 9.18 Å². The van der Waals surface area contributed by atoms with E-state index in [1.54, 1.807) is 6.20 Å². The fraction of sp³-hybridized carbons (Fsp3) is 0.316. The zero-order chi connectivity index (χ0) is 17.8. The molecular formula is C19H19FN2O3. The van der Waals surface area contributed by atoms with Crippen LogP contribution in [0.5, 0.6) is 0 Å². The number of carboxylic acid groups (broad SMARTS) is 1. The van der Waals surface area contributed by atoms with Crippen LogP contribution in [0.3, 0.4) is 0 Å². The van der Waals surface area contributed by atoms with Gasteiger partial charge in [-0.15, -0.1) is 0 Å². The third-order valence-electron chi connectivity index (χ3n) is 4.47. The van der Waals surface area contributed by atoms with Crippen molar-refractivity contribution in [3.63, 3.8) is 0 Å². The lowest BCUT2D eigenvalue weighted by atomic mass is 9.90. The van der Waals surface area contributed by atoms with E-state index in [2.05, 4.69) is 10.3 Å². The molecule has 2 aromatic rings. The Morgan fingerprint density at radius 1 is 1.16 bits per heavy atom. The minimum absolute atomic E-state index is 0.0871. The smallest absolute Gasteiger partial charge is 0.326 e. The van der Waals surface area contributed by atoms with Crippen LogP contribution in [0.4, 0.5) is 4.39 Å². The van der Waals surface area contributed by atoms with E-state index in [0.29, 0.717) is 11.1 Å². The van der Waals surface area contributed by atoms with E-state index < -0.39 is 17.9 Å². The van der Waals surface area contributed by atoms with Crippen LogP contribution in [-0.4, -0.2) is 28.0 Å². The molecule has 0 saturated carbocycles. The van der Waals surface area contributed by atoms with Gasteiger partial charge < -0.3 is 10.4 Å². The Bertz CT molecular complexity index is 790. The SMILES string of the molecule is O=C(NC(Cc1ccc(F)cc1)C(=O)O)c1cncc2c1CCCC2. The van der Waals surface area contributed by atoms with Crippen molar-refractivity contribution in [1.82, 2.24) is 10.3 Å². The van der Waals surface area contributed by atoms with Gasteiger partial charge in [0, 0.05) is 18.8 Å². The van der Waals surface area contributed by atoms with Gasteiger partial charge in [0.05, 0.1) is 5.56 Å². The van der Waals surface area contributed by atoms with Crippen molar-refractivity contribution in [2.24, 2.45) is 0 Å². The standard InChI is InChI=1S/C19H19FN2O3/c20-14-7-5-12(6-8-14)9-17(19(24)25)22-18(23)16-11-21-10-13-3-1-2-4-15(13)16/h5-8,10-11,17H,1-4,9H2,(H,22,23)(H,24,25). The average molecular weight is 342 g/mol. The number of pyridine rings is 1. The number of hydrogen-bond donors (Lipinski definition) is 2. The normalized spacial score (nSPS) is 14.4. The molecule has 0 fully saturated rings. The lowest BCUT2D eigenvalue weighted by Crippen LogP contribution is -2.42. The molecule has 0 saturated heterocycles. The maximum atomic E-state index is 13.0. The zero-order valence-corrected chi connectivity index (χ0v) is 13.7. The van der Waals surface area contributed by atoms with Crippen molar-refractivity contribution in [1.29, 1.82) is 0 Å². The van der Waals surface area contributed by atoms with Crippen LogP contribution in [0, 0.1) is 5.82 Å². The number of carbonyl (C=O) groups excluding carboxylic acids is 1. The van der Waals surface area contributed by atoms with Crippen molar-refractivity contribution >= 4 is 11.9 Å². The summed E-state index contributed by atoms with van der Waals surface area (Å²) in [6.07, 6.45) is 7.13. The van der Waals surface area contributed by atoms with Crippen LogP contribution in [0.1, 0.15) is 39.9 Å². The van der Waals surface area contributed by atoms with Gasteiger partial charge in [-0.2, -0.15) is 0 Å². The monoisotopic (exact) mass is 342 g/mol. The number of halogens is 1. The molecule has 130 valence electrons. The number of aromatic nitrogens is 1. The number of amides is 1. The Kier molecular flexibility index (Phi) is 5.07. The highest BCUT2D eigenvalue weighted by Gasteiger charge is 2.24. The Morgan fingerprint density at radius 2 is 1.88 bits per heavy atom. The highest BCUT2D eigenvalue weighted by atomic mass is 19.1. The topological polar surface area (TPSA) is 79.3 Å². The first-order valence-electron chi connectivity index (χ1n) is 8.28. The first-order valence-corrected chi connectivity index (χ1v) is 8.28. The van der Waals surface area contributed by atoms with E-state index in [1.165, 1.54) is 30.5 Å². The van der Waals surface area contributed by atoms with E-state index in [9.17, 15) is 19.1 Å². The summed E-state index contributed by atoms with van der Waals surface area (Å²) < 4.78 is 13.0. The molecule has 0 radical (unpaired) electrons. The third-order valence-corrected chi connectivity index (χ3v) is 4.47. The predicted molar refractivity (Wildman–Crippen MR) is 89.9 cm³/mol. The molecule has 1 aromatic carbocycles. The van der Waals surface area contributed by atoms with E-state index in [-0.39, 0.29) is 12.2 Å². The summed E-state index contributed by atoms with van der Waals surface area (Å²) in [7, 11) is 0. The number of aliphatic carboxylic acids is 1. The highest BCUT2D eigenvalue weighted by Crippen LogP contribution is 2.23. The van der Waals surface area contributed by atoms with Crippen molar-refractivity contribution in [2.75, 3.05) is 0 Å². The number of carbonyl (C=O) groups is 2. The molecule has 1 aliphatic carbocycles.